The van der Waals surface area contributed by atoms with Crippen LogP contribution in [0.4, 0.5) is 10.1 Å². The summed E-state index contributed by atoms with van der Waals surface area (Å²) in [5.41, 5.74) is 0.610. The van der Waals surface area contributed by atoms with Crippen LogP contribution in [-0.4, -0.2) is 27.3 Å². The lowest BCUT2D eigenvalue weighted by atomic mass is 9.98. The number of nitrogens with zero attached hydrogens (tertiary/aromatic N) is 2. The standard InChI is InChI=1S/C13H16FN3O2S/c14-12-2-1-3-13(11(12)8-15)17-6-4-10(5-7-17)9-20(16,18)19/h1-3,10H,4-7,9H2,(H2,16,18,19). The zero-order valence-corrected chi connectivity index (χ0v) is 11.7. The minimum atomic E-state index is -3.46. The Balaban J connectivity index is 2.09. The van der Waals surface area contributed by atoms with Crippen LogP contribution in [0.1, 0.15) is 18.4 Å². The molecule has 108 valence electrons. The molecule has 1 saturated heterocycles. The number of primary sulfonamides is 1. The molecule has 0 aliphatic carbocycles. The largest absolute Gasteiger partial charge is 0.370 e. The number of nitriles is 1. The summed E-state index contributed by atoms with van der Waals surface area (Å²) < 4.78 is 35.7. The predicted octanol–water partition coefficient (Wildman–Crippen LogP) is 1.20. The van der Waals surface area contributed by atoms with Crippen LogP contribution in [0.3, 0.4) is 0 Å². The Bertz CT molecular complexity index is 632. The maximum Gasteiger partial charge on any atom is 0.209 e. The third-order valence-electron chi connectivity index (χ3n) is 3.53. The highest BCUT2D eigenvalue weighted by Crippen LogP contribution is 2.27. The molecule has 5 nitrogen and oxygen atoms in total. The third-order valence-corrected chi connectivity index (χ3v) is 4.46. The SMILES string of the molecule is N#Cc1c(F)cccc1N1CCC(CS(N)(=O)=O)CC1. The van der Waals surface area contributed by atoms with Gasteiger partial charge in [0.1, 0.15) is 17.4 Å². The van der Waals surface area contributed by atoms with Gasteiger partial charge in [0.15, 0.2) is 0 Å². The van der Waals surface area contributed by atoms with Crippen molar-refractivity contribution in [2.75, 3.05) is 23.7 Å². The molecule has 1 aromatic carbocycles. The number of piperidine rings is 1. The maximum absolute atomic E-state index is 13.6. The van der Waals surface area contributed by atoms with E-state index in [1.807, 2.05) is 11.0 Å². The van der Waals surface area contributed by atoms with Crippen LogP contribution in [-0.2, 0) is 10.0 Å². The molecule has 0 radical (unpaired) electrons. The normalized spacial score (nSPS) is 16.9. The van der Waals surface area contributed by atoms with Gasteiger partial charge in [0.2, 0.25) is 10.0 Å². The van der Waals surface area contributed by atoms with Gasteiger partial charge < -0.3 is 4.90 Å². The second-order valence-corrected chi connectivity index (χ2v) is 6.66. The second kappa shape index (κ2) is 5.77. The Morgan fingerprint density at radius 3 is 2.60 bits per heavy atom. The van der Waals surface area contributed by atoms with Gasteiger partial charge in [-0.2, -0.15) is 5.26 Å². The van der Waals surface area contributed by atoms with E-state index >= 15 is 0 Å². The lowest BCUT2D eigenvalue weighted by molar-refractivity contribution is 0.435. The summed E-state index contributed by atoms with van der Waals surface area (Å²) in [6.07, 6.45) is 1.33. The summed E-state index contributed by atoms with van der Waals surface area (Å²) in [5, 5.41) is 14.1. The van der Waals surface area contributed by atoms with Crippen molar-refractivity contribution in [2.24, 2.45) is 11.1 Å². The fourth-order valence-electron chi connectivity index (χ4n) is 2.56. The molecule has 0 spiro atoms. The zero-order valence-electron chi connectivity index (χ0n) is 10.9. The molecule has 1 aliphatic heterocycles. The molecule has 0 saturated carbocycles. The number of hydrogen-bond acceptors (Lipinski definition) is 4. The van der Waals surface area contributed by atoms with E-state index in [9.17, 15) is 12.8 Å². The quantitative estimate of drug-likeness (QED) is 0.908. The number of rotatable bonds is 3. The van der Waals surface area contributed by atoms with Crippen molar-refractivity contribution in [3.8, 4) is 6.07 Å². The highest BCUT2D eigenvalue weighted by Gasteiger charge is 2.24. The van der Waals surface area contributed by atoms with Crippen LogP contribution in [0.5, 0.6) is 0 Å². The van der Waals surface area contributed by atoms with Gasteiger partial charge in [-0.3, -0.25) is 0 Å². The van der Waals surface area contributed by atoms with Gasteiger partial charge in [0, 0.05) is 13.1 Å². The Labute approximate surface area is 117 Å². The first-order chi connectivity index (χ1) is 9.40. The molecule has 1 aliphatic rings. The fraction of sp³-hybridized carbons (Fsp3) is 0.462. The Morgan fingerprint density at radius 2 is 2.05 bits per heavy atom. The van der Waals surface area contributed by atoms with E-state index in [0.29, 0.717) is 31.6 Å². The predicted molar refractivity (Wildman–Crippen MR) is 74.0 cm³/mol. The monoisotopic (exact) mass is 297 g/mol. The molecule has 1 heterocycles. The highest BCUT2D eigenvalue weighted by molar-refractivity contribution is 7.89. The molecule has 7 heteroatoms. The highest BCUT2D eigenvalue weighted by atomic mass is 32.2. The summed E-state index contributed by atoms with van der Waals surface area (Å²) >= 11 is 0. The summed E-state index contributed by atoms with van der Waals surface area (Å²) in [6.45, 7) is 1.19. The number of anilines is 1. The van der Waals surface area contributed by atoms with Crippen LogP contribution in [0.2, 0.25) is 0 Å². The average Bonchev–Trinajstić information content (AvgIpc) is 2.37. The fourth-order valence-corrected chi connectivity index (χ4v) is 3.55. The summed E-state index contributed by atoms with van der Waals surface area (Å²) in [7, 11) is -3.46. The molecule has 0 unspecified atom stereocenters. The Hall–Kier alpha value is -1.65. The molecule has 20 heavy (non-hydrogen) atoms. The first kappa shape index (κ1) is 14.8. The zero-order chi connectivity index (χ0) is 14.8. The minimum Gasteiger partial charge on any atom is -0.370 e. The molecule has 1 aromatic rings. The van der Waals surface area contributed by atoms with Crippen LogP contribution in [0.15, 0.2) is 18.2 Å². The van der Waals surface area contributed by atoms with Gasteiger partial charge in [-0.05, 0) is 30.9 Å². The number of nitrogens with two attached hydrogens (primary N) is 1. The maximum atomic E-state index is 13.6. The van der Waals surface area contributed by atoms with Crippen LogP contribution in [0, 0.1) is 23.1 Å². The molecule has 1 fully saturated rings. The van der Waals surface area contributed by atoms with Crippen molar-refractivity contribution in [1.29, 1.82) is 5.26 Å². The lowest BCUT2D eigenvalue weighted by Gasteiger charge is -2.33. The smallest absolute Gasteiger partial charge is 0.209 e. The molecule has 2 rings (SSSR count). The van der Waals surface area contributed by atoms with E-state index in [0.717, 1.165) is 0 Å². The van der Waals surface area contributed by atoms with Gasteiger partial charge in [0.05, 0.1) is 11.4 Å². The van der Waals surface area contributed by atoms with Crippen molar-refractivity contribution < 1.29 is 12.8 Å². The molecular weight excluding hydrogens is 281 g/mol. The van der Waals surface area contributed by atoms with Crippen LogP contribution >= 0.6 is 0 Å². The minimum absolute atomic E-state index is 0.0188. The van der Waals surface area contributed by atoms with Gasteiger partial charge in [-0.15, -0.1) is 0 Å². The first-order valence-corrected chi connectivity index (χ1v) is 8.06. The summed E-state index contributed by atoms with van der Waals surface area (Å²) in [5.74, 6) is -0.522. The molecule has 0 amide bonds. The van der Waals surface area contributed by atoms with Crippen LogP contribution in [0.25, 0.3) is 0 Å². The Morgan fingerprint density at radius 1 is 1.40 bits per heavy atom. The van der Waals surface area contributed by atoms with E-state index in [-0.39, 0.29) is 17.2 Å². The third kappa shape index (κ3) is 3.46. The first-order valence-electron chi connectivity index (χ1n) is 6.35. The average molecular weight is 297 g/mol. The van der Waals surface area contributed by atoms with Gasteiger partial charge >= 0.3 is 0 Å². The van der Waals surface area contributed by atoms with E-state index in [1.165, 1.54) is 6.07 Å². The van der Waals surface area contributed by atoms with Gasteiger partial charge in [-0.25, -0.2) is 17.9 Å². The topological polar surface area (TPSA) is 87.2 Å². The molecule has 0 atom stereocenters. The van der Waals surface area contributed by atoms with Crippen LogP contribution < -0.4 is 10.0 Å². The number of benzene rings is 1. The second-order valence-electron chi connectivity index (χ2n) is 5.01. The van der Waals surface area contributed by atoms with Crippen molar-refractivity contribution in [3.63, 3.8) is 0 Å². The van der Waals surface area contributed by atoms with E-state index in [1.54, 1.807) is 12.1 Å². The summed E-state index contributed by atoms with van der Waals surface area (Å²) in [4.78, 5) is 1.92. The van der Waals surface area contributed by atoms with Gasteiger partial charge in [0.25, 0.3) is 0 Å². The van der Waals surface area contributed by atoms with Crippen molar-refractivity contribution in [1.82, 2.24) is 0 Å². The summed E-state index contributed by atoms with van der Waals surface area (Å²) in [6, 6.07) is 6.42. The number of halogens is 1. The van der Waals surface area contributed by atoms with E-state index in [2.05, 4.69) is 0 Å². The van der Waals surface area contributed by atoms with E-state index in [4.69, 9.17) is 10.4 Å². The van der Waals surface area contributed by atoms with E-state index < -0.39 is 15.8 Å². The Kier molecular flexibility index (Phi) is 4.26. The van der Waals surface area contributed by atoms with Gasteiger partial charge in [-0.1, -0.05) is 6.07 Å². The van der Waals surface area contributed by atoms with Crippen molar-refractivity contribution in [3.05, 3.63) is 29.6 Å². The molecular formula is C13H16FN3O2S. The van der Waals surface area contributed by atoms with Crippen molar-refractivity contribution >= 4 is 15.7 Å². The number of hydrogen-bond donors (Lipinski definition) is 1. The number of sulfonamides is 1. The molecule has 0 bridgehead atoms. The molecule has 0 aromatic heterocycles. The lowest BCUT2D eigenvalue weighted by Crippen LogP contribution is -2.37. The molecule has 2 N–H and O–H groups in total. The van der Waals surface area contributed by atoms with Crippen molar-refractivity contribution in [2.45, 2.75) is 12.8 Å².